The summed E-state index contributed by atoms with van der Waals surface area (Å²) in [6, 6.07) is 3.27. The second-order valence-electron chi connectivity index (χ2n) is 3.56. The molecule has 2 heterocycles. The third-order valence-corrected chi connectivity index (χ3v) is 2.88. The van der Waals surface area contributed by atoms with Crippen LogP contribution in [0.15, 0.2) is 27.3 Å². The van der Waals surface area contributed by atoms with E-state index in [1.165, 1.54) is 0 Å². The quantitative estimate of drug-likeness (QED) is 0.907. The zero-order valence-corrected chi connectivity index (χ0v) is 11.4. The smallest absolute Gasteiger partial charge is 0.277 e. The molecule has 7 heteroatoms. The molecule has 1 atom stereocenters. The number of aromatic nitrogens is 3. The highest BCUT2D eigenvalue weighted by Gasteiger charge is 2.17. The summed E-state index contributed by atoms with van der Waals surface area (Å²) in [4.78, 5) is 8.39. The number of pyridine rings is 1. The van der Waals surface area contributed by atoms with Crippen molar-refractivity contribution < 1.29 is 9.26 Å². The van der Waals surface area contributed by atoms with Crippen LogP contribution >= 0.6 is 15.9 Å². The molecule has 2 rings (SSSR count). The number of ether oxygens (including phenoxy) is 1. The van der Waals surface area contributed by atoms with Crippen LogP contribution < -0.4 is 5.73 Å². The molecule has 1 unspecified atom stereocenters. The molecule has 0 aliphatic heterocycles. The monoisotopic (exact) mass is 312 g/mol. The van der Waals surface area contributed by atoms with Gasteiger partial charge >= 0.3 is 0 Å². The standard InChI is InChI=1S/C11H13BrN4O2/c1-2-17-6-8(13)10-15-11(18-16-10)9-7(12)4-3-5-14-9/h3-5,8H,2,6,13H2,1H3. The molecule has 0 fully saturated rings. The molecule has 18 heavy (non-hydrogen) atoms. The minimum Gasteiger partial charge on any atom is -0.380 e. The Bertz CT molecular complexity index is 517. The second kappa shape index (κ2) is 6.03. The minimum atomic E-state index is -0.398. The van der Waals surface area contributed by atoms with E-state index in [0.29, 0.717) is 30.6 Å². The molecule has 0 saturated heterocycles. The molecule has 2 N–H and O–H groups in total. The summed E-state index contributed by atoms with van der Waals surface area (Å²) in [5, 5.41) is 3.83. The van der Waals surface area contributed by atoms with Gasteiger partial charge in [0.25, 0.3) is 5.89 Å². The Labute approximate surface area is 113 Å². The summed E-state index contributed by atoms with van der Waals surface area (Å²) in [5.41, 5.74) is 6.47. The lowest BCUT2D eigenvalue weighted by Crippen LogP contribution is -2.18. The molecular formula is C11H13BrN4O2. The van der Waals surface area contributed by atoms with Gasteiger partial charge in [0.1, 0.15) is 5.69 Å². The van der Waals surface area contributed by atoms with Gasteiger partial charge < -0.3 is 15.0 Å². The van der Waals surface area contributed by atoms with E-state index in [1.807, 2.05) is 19.1 Å². The first-order valence-corrected chi connectivity index (χ1v) is 6.29. The van der Waals surface area contributed by atoms with Crippen LogP contribution in [0.25, 0.3) is 11.6 Å². The largest absolute Gasteiger partial charge is 0.380 e. The van der Waals surface area contributed by atoms with Crippen LogP contribution in [0.3, 0.4) is 0 Å². The Morgan fingerprint density at radius 3 is 3.11 bits per heavy atom. The highest BCUT2D eigenvalue weighted by atomic mass is 79.9. The van der Waals surface area contributed by atoms with E-state index < -0.39 is 6.04 Å². The highest BCUT2D eigenvalue weighted by molar-refractivity contribution is 9.10. The first-order valence-electron chi connectivity index (χ1n) is 5.50. The fourth-order valence-corrected chi connectivity index (χ4v) is 1.77. The van der Waals surface area contributed by atoms with Crippen LogP contribution in [0.5, 0.6) is 0 Å². The maximum atomic E-state index is 5.87. The summed E-state index contributed by atoms with van der Waals surface area (Å²) < 4.78 is 11.2. The third kappa shape index (κ3) is 2.92. The molecule has 2 aromatic rings. The molecule has 0 spiro atoms. The molecule has 2 aromatic heterocycles. The van der Waals surface area contributed by atoms with Crippen LogP contribution in [0.2, 0.25) is 0 Å². The van der Waals surface area contributed by atoms with Gasteiger partial charge in [0.15, 0.2) is 5.82 Å². The normalized spacial score (nSPS) is 12.6. The van der Waals surface area contributed by atoms with Crippen molar-refractivity contribution in [2.75, 3.05) is 13.2 Å². The fraction of sp³-hybridized carbons (Fsp3) is 0.364. The number of nitrogens with zero attached hydrogens (tertiary/aromatic N) is 3. The predicted molar refractivity (Wildman–Crippen MR) is 68.7 cm³/mol. The van der Waals surface area contributed by atoms with Gasteiger partial charge in [-0.15, -0.1) is 0 Å². The molecule has 0 amide bonds. The first kappa shape index (κ1) is 13.1. The van der Waals surface area contributed by atoms with E-state index >= 15 is 0 Å². The fourth-order valence-electron chi connectivity index (χ4n) is 1.34. The molecule has 0 radical (unpaired) electrons. The number of nitrogens with two attached hydrogens (primary N) is 1. The topological polar surface area (TPSA) is 87.1 Å². The molecule has 0 saturated carbocycles. The number of rotatable bonds is 5. The van der Waals surface area contributed by atoms with Gasteiger partial charge in [-0.25, -0.2) is 4.98 Å². The first-order chi connectivity index (χ1) is 8.72. The summed E-state index contributed by atoms with van der Waals surface area (Å²) >= 11 is 3.37. The summed E-state index contributed by atoms with van der Waals surface area (Å²) in [7, 11) is 0. The van der Waals surface area contributed by atoms with Crippen molar-refractivity contribution in [1.29, 1.82) is 0 Å². The molecule has 0 bridgehead atoms. The van der Waals surface area contributed by atoms with E-state index in [9.17, 15) is 0 Å². The molecule has 0 aromatic carbocycles. The Balaban J connectivity index is 2.18. The van der Waals surface area contributed by atoms with Crippen LogP contribution in [0.4, 0.5) is 0 Å². The van der Waals surface area contributed by atoms with Crippen molar-refractivity contribution in [1.82, 2.24) is 15.1 Å². The van der Waals surface area contributed by atoms with Crippen molar-refractivity contribution in [3.63, 3.8) is 0 Å². The van der Waals surface area contributed by atoms with Crippen LogP contribution in [0.1, 0.15) is 18.8 Å². The second-order valence-corrected chi connectivity index (χ2v) is 4.41. The van der Waals surface area contributed by atoms with Gasteiger partial charge in [-0.1, -0.05) is 5.16 Å². The van der Waals surface area contributed by atoms with Crippen LogP contribution in [-0.4, -0.2) is 28.3 Å². The lowest BCUT2D eigenvalue weighted by molar-refractivity contribution is 0.130. The third-order valence-electron chi connectivity index (χ3n) is 2.24. The average molecular weight is 313 g/mol. The highest BCUT2D eigenvalue weighted by Crippen LogP contribution is 2.24. The predicted octanol–water partition coefficient (Wildman–Crippen LogP) is 1.93. The summed E-state index contributed by atoms with van der Waals surface area (Å²) in [5.74, 6) is 0.750. The van der Waals surface area contributed by atoms with Gasteiger partial charge in [0.05, 0.1) is 12.6 Å². The van der Waals surface area contributed by atoms with Crippen LogP contribution in [-0.2, 0) is 4.74 Å². The maximum absolute atomic E-state index is 5.87. The maximum Gasteiger partial charge on any atom is 0.277 e. The van der Waals surface area contributed by atoms with Crippen molar-refractivity contribution >= 4 is 15.9 Å². The zero-order chi connectivity index (χ0) is 13.0. The van der Waals surface area contributed by atoms with Crippen molar-refractivity contribution in [3.05, 3.63) is 28.6 Å². The lowest BCUT2D eigenvalue weighted by Gasteiger charge is -2.05. The van der Waals surface area contributed by atoms with Crippen molar-refractivity contribution in [2.24, 2.45) is 5.73 Å². The van der Waals surface area contributed by atoms with Crippen molar-refractivity contribution in [3.8, 4) is 11.6 Å². The Kier molecular flexibility index (Phi) is 4.40. The number of hydrogen-bond acceptors (Lipinski definition) is 6. The van der Waals surface area contributed by atoms with E-state index in [4.69, 9.17) is 15.0 Å². The lowest BCUT2D eigenvalue weighted by atomic mass is 10.3. The van der Waals surface area contributed by atoms with Crippen LogP contribution in [0, 0.1) is 0 Å². The molecule has 6 nitrogen and oxygen atoms in total. The molecule has 0 aliphatic rings. The summed E-state index contributed by atoms with van der Waals surface area (Å²) in [6.45, 7) is 2.86. The zero-order valence-electron chi connectivity index (χ0n) is 9.84. The van der Waals surface area contributed by atoms with Crippen molar-refractivity contribution in [2.45, 2.75) is 13.0 Å². The van der Waals surface area contributed by atoms with Gasteiger partial charge in [-0.2, -0.15) is 4.98 Å². The van der Waals surface area contributed by atoms with Gasteiger partial charge in [-0.3, -0.25) is 0 Å². The Morgan fingerprint density at radius 2 is 2.39 bits per heavy atom. The van der Waals surface area contributed by atoms with Gasteiger partial charge in [-0.05, 0) is 35.0 Å². The van der Waals surface area contributed by atoms with E-state index in [2.05, 4.69) is 31.1 Å². The Morgan fingerprint density at radius 1 is 1.56 bits per heavy atom. The van der Waals surface area contributed by atoms with Gasteiger partial charge in [0.2, 0.25) is 0 Å². The molecule has 96 valence electrons. The van der Waals surface area contributed by atoms with E-state index in [0.717, 1.165) is 4.47 Å². The SMILES string of the molecule is CCOCC(N)c1noc(-c2ncccc2Br)n1. The molecular weight excluding hydrogens is 300 g/mol. The summed E-state index contributed by atoms with van der Waals surface area (Å²) in [6.07, 6.45) is 1.66. The minimum absolute atomic E-state index is 0.337. The van der Waals surface area contributed by atoms with E-state index in [-0.39, 0.29) is 0 Å². The van der Waals surface area contributed by atoms with E-state index in [1.54, 1.807) is 6.20 Å². The Hall–Kier alpha value is -1.31. The average Bonchev–Trinajstić information content (AvgIpc) is 2.86. The van der Waals surface area contributed by atoms with Gasteiger partial charge in [0, 0.05) is 17.3 Å². The number of hydrogen-bond donors (Lipinski definition) is 1. The number of halogens is 1. The molecule has 0 aliphatic carbocycles.